The van der Waals surface area contributed by atoms with Crippen LogP contribution in [0.5, 0.6) is 0 Å². The number of aliphatic hydroxyl groups is 2. The van der Waals surface area contributed by atoms with Gasteiger partial charge in [-0.05, 0) is 12.8 Å². The Hall–Kier alpha value is -0.160. The van der Waals surface area contributed by atoms with E-state index in [0.29, 0.717) is 6.61 Å². The van der Waals surface area contributed by atoms with Crippen LogP contribution in [0.4, 0.5) is 0 Å². The van der Waals surface area contributed by atoms with Gasteiger partial charge in [-0.1, -0.05) is 0 Å². The van der Waals surface area contributed by atoms with Crippen molar-refractivity contribution in [2.45, 2.75) is 31.1 Å². The fourth-order valence-corrected chi connectivity index (χ4v) is 1.26. The molecule has 0 bridgehead atoms. The summed E-state index contributed by atoms with van der Waals surface area (Å²) < 4.78 is 5.20. The molecule has 4 N–H and O–H groups in total. The number of rotatable bonds is 3. The second-order valence-electron chi connectivity index (χ2n) is 2.89. The van der Waals surface area contributed by atoms with Gasteiger partial charge in [-0.2, -0.15) is 0 Å². The zero-order valence-corrected chi connectivity index (χ0v) is 6.44. The molecule has 0 aliphatic carbocycles. The first kappa shape index (κ1) is 8.93. The summed E-state index contributed by atoms with van der Waals surface area (Å²) in [5.74, 6) is 0. The van der Waals surface area contributed by atoms with Gasteiger partial charge in [0, 0.05) is 6.61 Å². The van der Waals surface area contributed by atoms with Crippen molar-refractivity contribution in [2.75, 3.05) is 13.2 Å². The summed E-state index contributed by atoms with van der Waals surface area (Å²) in [4.78, 5) is 0. The molecule has 0 saturated carbocycles. The summed E-state index contributed by atoms with van der Waals surface area (Å²) in [6.07, 6.45) is 0.925. The van der Waals surface area contributed by atoms with Gasteiger partial charge in [-0.25, -0.2) is 0 Å². The van der Waals surface area contributed by atoms with E-state index in [1.54, 1.807) is 0 Å². The largest absolute Gasteiger partial charge is 0.395 e. The topological polar surface area (TPSA) is 75.7 Å². The Balaban J connectivity index is 2.32. The monoisotopic (exact) mass is 161 g/mol. The third kappa shape index (κ3) is 2.13. The molecule has 0 amide bonds. The number of ether oxygens (including phenoxy) is 1. The van der Waals surface area contributed by atoms with E-state index in [4.69, 9.17) is 15.6 Å². The van der Waals surface area contributed by atoms with Gasteiger partial charge < -0.3 is 20.7 Å². The minimum absolute atomic E-state index is 0.169. The molecule has 0 aromatic heterocycles. The second-order valence-corrected chi connectivity index (χ2v) is 2.89. The average Bonchev–Trinajstić information content (AvgIpc) is 2.53. The third-order valence-corrected chi connectivity index (χ3v) is 2.00. The van der Waals surface area contributed by atoms with Crippen molar-refractivity contribution < 1.29 is 14.9 Å². The third-order valence-electron chi connectivity index (χ3n) is 2.00. The molecule has 66 valence electrons. The smallest absolute Gasteiger partial charge is 0.0974 e. The van der Waals surface area contributed by atoms with Crippen LogP contribution in [0.1, 0.15) is 12.8 Å². The molecule has 0 aromatic carbocycles. The van der Waals surface area contributed by atoms with Crippen LogP contribution in [0, 0.1) is 0 Å². The van der Waals surface area contributed by atoms with Crippen LogP contribution < -0.4 is 5.73 Å². The Morgan fingerprint density at radius 3 is 2.82 bits per heavy atom. The van der Waals surface area contributed by atoms with Gasteiger partial charge in [0.15, 0.2) is 0 Å². The fourth-order valence-electron chi connectivity index (χ4n) is 1.26. The van der Waals surface area contributed by atoms with E-state index in [9.17, 15) is 5.11 Å². The maximum absolute atomic E-state index is 9.41. The fraction of sp³-hybridized carbons (Fsp3) is 1.00. The molecule has 1 saturated heterocycles. The maximum Gasteiger partial charge on any atom is 0.0974 e. The van der Waals surface area contributed by atoms with Crippen LogP contribution in [-0.4, -0.2) is 41.7 Å². The molecular formula is C7H15NO3. The van der Waals surface area contributed by atoms with Crippen molar-refractivity contribution in [1.29, 1.82) is 0 Å². The Bertz CT molecular complexity index is 114. The van der Waals surface area contributed by atoms with Crippen LogP contribution in [0.15, 0.2) is 0 Å². The highest BCUT2D eigenvalue weighted by Crippen LogP contribution is 2.16. The first-order valence-corrected chi connectivity index (χ1v) is 3.92. The Morgan fingerprint density at radius 1 is 1.64 bits per heavy atom. The summed E-state index contributed by atoms with van der Waals surface area (Å²) in [6, 6.07) is -0.571. The highest BCUT2D eigenvalue weighted by molar-refractivity contribution is 4.81. The summed E-state index contributed by atoms with van der Waals surface area (Å²) in [5.41, 5.74) is 5.42. The van der Waals surface area contributed by atoms with E-state index in [1.807, 2.05) is 0 Å². The summed E-state index contributed by atoms with van der Waals surface area (Å²) in [6.45, 7) is 0.501. The van der Waals surface area contributed by atoms with Gasteiger partial charge in [0.05, 0.1) is 24.9 Å². The van der Waals surface area contributed by atoms with E-state index in [0.717, 1.165) is 12.8 Å². The molecule has 11 heavy (non-hydrogen) atoms. The van der Waals surface area contributed by atoms with E-state index in [2.05, 4.69) is 0 Å². The molecule has 1 rings (SSSR count). The molecule has 0 aromatic rings. The molecule has 4 nitrogen and oxygen atoms in total. The van der Waals surface area contributed by atoms with E-state index in [1.165, 1.54) is 0 Å². The lowest BCUT2D eigenvalue weighted by Crippen LogP contribution is -2.45. The first-order chi connectivity index (χ1) is 5.25. The highest BCUT2D eigenvalue weighted by atomic mass is 16.5. The molecule has 1 aliphatic rings. The zero-order chi connectivity index (χ0) is 8.27. The SMILES string of the molecule is NC(CO)C(O)C1CCCO1. The lowest BCUT2D eigenvalue weighted by atomic mass is 10.0. The van der Waals surface area contributed by atoms with Crippen molar-refractivity contribution in [1.82, 2.24) is 0 Å². The van der Waals surface area contributed by atoms with Gasteiger partial charge >= 0.3 is 0 Å². The predicted molar refractivity (Wildman–Crippen MR) is 40.0 cm³/mol. The molecule has 1 heterocycles. The Labute approximate surface area is 66.0 Å². The quantitative estimate of drug-likeness (QED) is 0.488. The van der Waals surface area contributed by atoms with Gasteiger partial charge in [0.25, 0.3) is 0 Å². The van der Waals surface area contributed by atoms with Crippen molar-refractivity contribution in [3.63, 3.8) is 0 Å². The summed E-state index contributed by atoms with van der Waals surface area (Å²) in [5, 5.41) is 18.0. The molecule has 3 atom stereocenters. The van der Waals surface area contributed by atoms with Crippen LogP contribution >= 0.6 is 0 Å². The molecule has 1 aliphatic heterocycles. The van der Waals surface area contributed by atoms with Gasteiger partial charge in [0.2, 0.25) is 0 Å². The molecule has 1 fully saturated rings. The van der Waals surface area contributed by atoms with E-state index >= 15 is 0 Å². The van der Waals surface area contributed by atoms with Crippen LogP contribution in [0.2, 0.25) is 0 Å². The number of nitrogens with two attached hydrogens (primary N) is 1. The molecule has 0 radical (unpaired) electrons. The van der Waals surface area contributed by atoms with Crippen LogP contribution in [0.25, 0.3) is 0 Å². The van der Waals surface area contributed by atoms with Crippen LogP contribution in [0.3, 0.4) is 0 Å². The highest BCUT2D eigenvalue weighted by Gasteiger charge is 2.28. The average molecular weight is 161 g/mol. The minimum atomic E-state index is -0.720. The first-order valence-electron chi connectivity index (χ1n) is 3.92. The van der Waals surface area contributed by atoms with Crippen LogP contribution in [-0.2, 0) is 4.74 Å². The van der Waals surface area contributed by atoms with Crippen molar-refractivity contribution in [3.05, 3.63) is 0 Å². The van der Waals surface area contributed by atoms with Gasteiger partial charge in [0.1, 0.15) is 0 Å². The number of aliphatic hydroxyl groups excluding tert-OH is 2. The second kappa shape index (κ2) is 4.01. The normalized spacial score (nSPS) is 30.3. The Morgan fingerprint density at radius 2 is 2.36 bits per heavy atom. The summed E-state index contributed by atoms with van der Waals surface area (Å²) >= 11 is 0. The van der Waals surface area contributed by atoms with E-state index < -0.39 is 12.1 Å². The van der Waals surface area contributed by atoms with E-state index in [-0.39, 0.29) is 12.7 Å². The lowest BCUT2D eigenvalue weighted by molar-refractivity contribution is -0.0227. The molecule has 0 spiro atoms. The van der Waals surface area contributed by atoms with Gasteiger partial charge in [-0.3, -0.25) is 0 Å². The molecule has 4 heteroatoms. The van der Waals surface area contributed by atoms with Crippen molar-refractivity contribution >= 4 is 0 Å². The summed E-state index contributed by atoms with van der Waals surface area (Å²) in [7, 11) is 0. The Kier molecular flexibility index (Phi) is 3.26. The maximum atomic E-state index is 9.41. The van der Waals surface area contributed by atoms with Crippen molar-refractivity contribution in [3.8, 4) is 0 Å². The lowest BCUT2D eigenvalue weighted by Gasteiger charge is -2.21. The van der Waals surface area contributed by atoms with Crippen molar-refractivity contribution in [2.24, 2.45) is 5.73 Å². The predicted octanol–water partition coefficient (Wildman–Crippen LogP) is -1.15. The molecular weight excluding hydrogens is 146 g/mol. The number of hydrogen-bond acceptors (Lipinski definition) is 4. The zero-order valence-electron chi connectivity index (χ0n) is 6.44. The molecule has 3 unspecified atom stereocenters. The standard InChI is InChI=1S/C7H15NO3/c8-5(4-9)7(10)6-2-1-3-11-6/h5-7,9-10H,1-4,8H2. The van der Waals surface area contributed by atoms with Gasteiger partial charge in [-0.15, -0.1) is 0 Å². The number of hydrogen-bond donors (Lipinski definition) is 3. The minimum Gasteiger partial charge on any atom is -0.395 e.